The molecule has 3 rings (SSSR count). The summed E-state index contributed by atoms with van der Waals surface area (Å²) in [5.74, 6) is -1.81. The SMILES string of the molecule is COC(=O)[C@H]1[C@@H](c2ccccc2)[C@]1(C#N)C(=O)Nc1ccc(OC)cc1. The van der Waals surface area contributed by atoms with Gasteiger partial charge in [-0.05, 0) is 29.8 Å². The van der Waals surface area contributed by atoms with Gasteiger partial charge in [-0.1, -0.05) is 30.3 Å². The zero-order valence-electron chi connectivity index (χ0n) is 14.4. The van der Waals surface area contributed by atoms with Gasteiger partial charge in [-0.2, -0.15) is 5.26 Å². The Bertz CT molecular complexity index is 858. The lowest BCUT2D eigenvalue weighted by Gasteiger charge is -2.11. The molecule has 0 unspecified atom stereocenters. The Labute approximate surface area is 151 Å². The van der Waals surface area contributed by atoms with Gasteiger partial charge in [0.05, 0.1) is 26.2 Å². The van der Waals surface area contributed by atoms with Crippen molar-refractivity contribution in [1.82, 2.24) is 0 Å². The molecule has 3 atom stereocenters. The van der Waals surface area contributed by atoms with Crippen molar-refractivity contribution in [2.45, 2.75) is 5.92 Å². The number of carbonyl (C=O) groups excluding carboxylic acids is 2. The lowest BCUT2D eigenvalue weighted by molar-refractivity contribution is -0.144. The van der Waals surface area contributed by atoms with Gasteiger partial charge in [0.25, 0.3) is 0 Å². The molecule has 1 aliphatic rings. The predicted molar refractivity (Wildman–Crippen MR) is 94.4 cm³/mol. The van der Waals surface area contributed by atoms with E-state index in [0.29, 0.717) is 11.4 Å². The van der Waals surface area contributed by atoms with Crippen LogP contribution >= 0.6 is 0 Å². The molecule has 0 spiro atoms. The number of anilines is 1. The molecule has 0 aromatic heterocycles. The van der Waals surface area contributed by atoms with E-state index < -0.39 is 29.1 Å². The number of hydrogen-bond donors (Lipinski definition) is 1. The van der Waals surface area contributed by atoms with Crippen LogP contribution in [0.5, 0.6) is 5.75 Å². The lowest BCUT2D eigenvalue weighted by Crippen LogP contribution is -2.27. The predicted octanol–water partition coefficient (Wildman–Crippen LogP) is 2.73. The second kappa shape index (κ2) is 6.89. The number of hydrogen-bond acceptors (Lipinski definition) is 5. The summed E-state index contributed by atoms with van der Waals surface area (Å²) in [5.41, 5.74) is -0.212. The van der Waals surface area contributed by atoms with Gasteiger partial charge in [0.2, 0.25) is 5.91 Å². The normalized spacial score (nSPS) is 23.4. The molecule has 0 radical (unpaired) electrons. The fourth-order valence-corrected chi connectivity index (χ4v) is 3.33. The molecule has 0 bridgehead atoms. The van der Waals surface area contributed by atoms with E-state index in [9.17, 15) is 14.9 Å². The topological polar surface area (TPSA) is 88.4 Å². The molecular weight excluding hydrogens is 332 g/mol. The lowest BCUT2D eigenvalue weighted by atomic mass is 9.99. The zero-order valence-corrected chi connectivity index (χ0v) is 14.4. The molecule has 6 heteroatoms. The van der Waals surface area contributed by atoms with Gasteiger partial charge in [0.1, 0.15) is 5.75 Å². The van der Waals surface area contributed by atoms with Crippen molar-refractivity contribution in [3.8, 4) is 11.8 Å². The second-order valence-corrected chi connectivity index (χ2v) is 6.05. The fraction of sp³-hybridized carbons (Fsp3) is 0.250. The standard InChI is InChI=1S/C20H18N2O4/c1-25-15-10-8-14(9-11-15)22-19(24)20(12-21)16(17(20)18(23)26-2)13-6-4-3-5-7-13/h3-11,16-17H,1-2H3,(H,22,24)/t16-,17-,20+/m1/s1. The first-order chi connectivity index (χ1) is 12.6. The van der Waals surface area contributed by atoms with Crippen molar-refractivity contribution < 1.29 is 19.1 Å². The van der Waals surface area contributed by atoms with Crippen LogP contribution in [0.1, 0.15) is 11.5 Å². The molecule has 2 aromatic rings. The molecule has 6 nitrogen and oxygen atoms in total. The molecule has 2 aromatic carbocycles. The first kappa shape index (κ1) is 17.5. The van der Waals surface area contributed by atoms with Crippen LogP contribution in [0.4, 0.5) is 5.69 Å². The van der Waals surface area contributed by atoms with Gasteiger partial charge in [-0.25, -0.2) is 0 Å². The molecule has 1 amide bonds. The van der Waals surface area contributed by atoms with Gasteiger partial charge >= 0.3 is 5.97 Å². The third-order valence-electron chi connectivity index (χ3n) is 4.73. The summed E-state index contributed by atoms with van der Waals surface area (Å²) in [4.78, 5) is 25.1. The van der Waals surface area contributed by atoms with Crippen LogP contribution in [0.3, 0.4) is 0 Å². The molecule has 26 heavy (non-hydrogen) atoms. The molecule has 0 heterocycles. The number of ether oxygens (including phenoxy) is 2. The Hall–Kier alpha value is -3.33. The minimum Gasteiger partial charge on any atom is -0.497 e. The average Bonchev–Trinajstić information content (AvgIpc) is 3.39. The van der Waals surface area contributed by atoms with Crippen molar-refractivity contribution in [2.24, 2.45) is 11.3 Å². The number of benzene rings is 2. The Morgan fingerprint density at radius 3 is 2.27 bits per heavy atom. The molecule has 1 fully saturated rings. The zero-order chi connectivity index (χ0) is 18.7. The van der Waals surface area contributed by atoms with E-state index in [2.05, 4.69) is 11.4 Å². The molecule has 1 aliphatic carbocycles. The van der Waals surface area contributed by atoms with E-state index in [1.807, 2.05) is 18.2 Å². The largest absolute Gasteiger partial charge is 0.497 e. The van der Waals surface area contributed by atoms with Gasteiger partial charge in [-0.3, -0.25) is 9.59 Å². The summed E-state index contributed by atoms with van der Waals surface area (Å²) in [6.45, 7) is 0. The van der Waals surface area contributed by atoms with Crippen LogP contribution in [0.15, 0.2) is 54.6 Å². The maximum absolute atomic E-state index is 12.9. The van der Waals surface area contributed by atoms with E-state index in [1.165, 1.54) is 7.11 Å². The Morgan fingerprint density at radius 1 is 1.08 bits per heavy atom. The number of nitrogens with zero attached hydrogens (tertiary/aromatic N) is 1. The number of nitrogens with one attached hydrogen (secondary N) is 1. The summed E-state index contributed by atoms with van der Waals surface area (Å²) >= 11 is 0. The third kappa shape index (κ3) is 2.78. The van der Waals surface area contributed by atoms with Gasteiger partial charge in [0.15, 0.2) is 5.41 Å². The minimum atomic E-state index is -1.49. The summed E-state index contributed by atoms with van der Waals surface area (Å²) in [6, 6.07) is 17.9. The van der Waals surface area contributed by atoms with E-state index in [0.717, 1.165) is 5.56 Å². The number of methoxy groups -OCH3 is 2. The number of esters is 1. The summed E-state index contributed by atoms with van der Waals surface area (Å²) in [7, 11) is 2.81. The Kier molecular flexibility index (Phi) is 4.63. The Balaban J connectivity index is 1.91. The summed E-state index contributed by atoms with van der Waals surface area (Å²) < 4.78 is 9.91. The van der Waals surface area contributed by atoms with E-state index >= 15 is 0 Å². The van der Waals surface area contributed by atoms with Crippen LogP contribution < -0.4 is 10.1 Å². The third-order valence-corrected chi connectivity index (χ3v) is 4.73. The first-order valence-electron chi connectivity index (χ1n) is 8.08. The number of carbonyl (C=O) groups is 2. The minimum absolute atomic E-state index is 0.519. The van der Waals surface area contributed by atoms with Crippen LogP contribution in [0.25, 0.3) is 0 Å². The molecular formula is C20H18N2O4. The summed E-state index contributed by atoms with van der Waals surface area (Å²) in [6.07, 6.45) is 0. The van der Waals surface area contributed by atoms with Gasteiger partial charge in [0, 0.05) is 11.6 Å². The van der Waals surface area contributed by atoms with Crippen LogP contribution in [0.2, 0.25) is 0 Å². The highest BCUT2D eigenvalue weighted by atomic mass is 16.5. The van der Waals surface area contributed by atoms with Gasteiger partial charge in [-0.15, -0.1) is 0 Å². The second-order valence-electron chi connectivity index (χ2n) is 6.05. The maximum Gasteiger partial charge on any atom is 0.311 e. The number of amides is 1. The van der Waals surface area contributed by atoms with Crippen molar-refractivity contribution in [3.05, 3.63) is 60.2 Å². The molecule has 0 saturated heterocycles. The highest BCUT2D eigenvalue weighted by molar-refractivity contribution is 6.06. The fourth-order valence-electron chi connectivity index (χ4n) is 3.33. The highest BCUT2D eigenvalue weighted by Crippen LogP contribution is 2.65. The van der Waals surface area contributed by atoms with Crippen molar-refractivity contribution in [1.29, 1.82) is 5.26 Å². The molecule has 0 aliphatic heterocycles. The summed E-state index contributed by atoms with van der Waals surface area (Å²) in [5, 5.41) is 12.5. The molecule has 1 N–H and O–H groups in total. The molecule has 132 valence electrons. The quantitative estimate of drug-likeness (QED) is 0.838. The monoisotopic (exact) mass is 350 g/mol. The van der Waals surface area contributed by atoms with Crippen LogP contribution in [0, 0.1) is 22.7 Å². The number of rotatable bonds is 5. The van der Waals surface area contributed by atoms with Crippen molar-refractivity contribution >= 4 is 17.6 Å². The van der Waals surface area contributed by atoms with Crippen LogP contribution in [-0.4, -0.2) is 26.1 Å². The smallest absolute Gasteiger partial charge is 0.311 e. The molecule has 1 saturated carbocycles. The van der Waals surface area contributed by atoms with Crippen molar-refractivity contribution in [2.75, 3.05) is 19.5 Å². The van der Waals surface area contributed by atoms with Gasteiger partial charge < -0.3 is 14.8 Å². The van der Waals surface area contributed by atoms with Crippen molar-refractivity contribution in [3.63, 3.8) is 0 Å². The van der Waals surface area contributed by atoms with Crippen LogP contribution in [-0.2, 0) is 14.3 Å². The highest BCUT2D eigenvalue weighted by Gasteiger charge is 2.75. The maximum atomic E-state index is 12.9. The Morgan fingerprint density at radius 2 is 1.73 bits per heavy atom. The average molecular weight is 350 g/mol. The number of nitriles is 1. The van der Waals surface area contributed by atoms with E-state index in [1.54, 1.807) is 43.5 Å². The van der Waals surface area contributed by atoms with E-state index in [-0.39, 0.29) is 0 Å². The first-order valence-corrected chi connectivity index (χ1v) is 8.08. The van der Waals surface area contributed by atoms with E-state index in [4.69, 9.17) is 9.47 Å².